The summed E-state index contributed by atoms with van der Waals surface area (Å²) in [6.45, 7) is 1.00. The Labute approximate surface area is 166 Å². The van der Waals surface area contributed by atoms with Crippen molar-refractivity contribution in [3.05, 3.63) is 65.2 Å². The minimum Gasteiger partial charge on any atom is -0.352 e. The largest absolute Gasteiger partial charge is 0.352 e. The van der Waals surface area contributed by atoms with Gasteiger partial charge in [-0.25, -0.2) is 8.78 Å². The molecule has 0 unspecified atom stereocenters. The molecule has 1 aliphatic heterocycles. The van der Waals surface area contributed by atoms with E-state index in [1.54, 1.807) is 4.90 Å². The molecule has 1 saturated heterocycles. The number of halogens is 2. The lowest BCUT2D eigenvalue weighted by Crippen LogP contribution is -2.31. The molecule has 8 heteroatoms. The Morgan fingerprint density at radius 3 is 2.62 bits per heavy atom. The van der Waals surface area contributed by atoms with Gasteiger partial charge >= 0.3 is 0 Å². The summed E-state index contributed by atoms with van der Waals surface area (Å²) in [6, 6.07) is 10.1. The quantitative estimate of drug-likeness (QED) is 0.748. The van der Waals surface area contributed by atoms with E-state index >= 15 is 0 Å². The number of hydrogen-bond acceptors (Lipinski definition) is 3. The summed E-state index contributed by atoms with van der Waals surface area (Å²) in [7, 11) is 0. The first-order valence-electron chi connectivity index (χ1n) is 9.33. The number of hydrogen-bond donors (Lipinski definition) is 2. The average Bonchev–Trinajstić information content (AvgIpc) is 3.12. The third kappa shape index (κ3) is 5.37. The van der Waals surface area contributed by atoms with Crippen LogP contribution in [-0.2, 0) is 16.1 Å². The van der Waals surface area contributed by atoms with Crippen LogP contribution < -0.4 is 15.5 Å². The van der Waals surface area contributed by atoms with Gasteiger partial charge in [0.05, 0.1) is 5.56 Å². The summed E-state index contributed by atoms with van der Waals surface area (Å²) >= 11 is 0. The summed E-state index contributed by atoms with van der Waals surface area (Å²) in [5.74, 6) is -2.62. The highest BCUT2D eigenvalue weighted by Crippen LogP contribution is 2.22. The Balaban J connectivity index is 1.44. The predicted octanol–water partition coefficient (Wildman–Crippen LogP) is 2.53. The molecule has 3 amide bonds. The fraction of sp³-hybridized carbons (Fsp3) is 0.286. The molecule has 0 saturated carbocycles. The molecule has 2 N–H and O–H groups in total. The van der Waals surface area contributed by atoms with Crippen molar-refractivity contribution in [3.8, 4) is 0 Å². The molecule has 0 spiro atoms. The SMILES string of the molecule is O=C(CCNC(=O)c1ccc(F)cc1F)NCc1cccc(N2CCCC2=O)c1. The summed E-state index contributed by atoms with van der Waals surface area (Å²) in [5, 5.41) is 5.18. The van der Waals surface area contributed by atoms with Gasteiger partial charge in [-0.15, -0.1) is 0 Å². The Hall–Kier alpha value is -3.29. The highest BCUT2D eigenvalue weighted by molar-refractivity contribution is 5.95. The summed E-state index contributed by atoms with van der Waals surface area (Å²) in [5.41, 5.74) is 1.39. The highest BCUT2D eigenvalue weighted by atomic mass is 19.1. The average molecular weight is 401 g/mol. The molecule has 0 aliphatic carbocycles. The van der Waals surface area contributed by atoms with Gasteiger partial charge < -0.3 is 15.5 Å². The van der Waals surface area contributed by atoms with E-state index in [1.165, 1.54) is 0 Å². The first kappa shape index (κ1) is 20.4. The Morgan fingerprint density at radius 1 is 1.07 bits per heavy atom. The van der Waals surface area contributed by atoms with Gasteiger partial charge in [-0.05, 0) is 36.2 Å². The van der Waals surface area contributed by atoms with Crippen LogP contribution in [0.3, 0.4) is 0 Å². The molecular weight excluding hydrogens is 380 g/mol. The molecule has 29 heavy (non-hydrogen) atoms. The zero-order valence-electron chi connectivity index (χ0n) is 15.7. The van der Waals surface area contributed by atoms with Crippen molar-refractivity contribution >= 4 is 23.4 Å². The van der Waals surface area contributed by atoms with E-state index in [0.29, 0.717) is 19.0 Å². The molecule has 152 valence electrons. The third-order valence-electron chi connectivity index (χ3n) is 4.60. The number of nitrogens with zero attached hydrogens (tertiary/aromatic N) is 1. The van der Waals surface area contributed by atoms with Crippen LogP contribution in [-0.4, -0.2) is 30.8 Å². The van der Waals surface area contributed by atoms with E-state index in [9.17, 15) is 23.2 Å². The fourth-order valence-electron chi connectivity index (χ4n) is 3.10. The highest BCUT2D eigenvalue weighted by Gasteiger charge is 2.21. The van der Waals surface area contributed by atoms with Crippen molar-refractivity contribution in [3.63, 3.8) is 0 Å². The number of anilines is 1. The van der Waals surface area contributed by atoms with Crippen LogP contribution in [0.25, 0.3) is 0 Å². The monoisotopic (exact) mass is 401 g/mol. The van der Waals surface area contributed by atoms with E-state index in [4.69, 9.17) is 0 Å². The topological polar surface area (TPSA) is 78.5 Å². The number of carbonyl (C=O) groups is 3. The van der Waals surface area contributed by atoms with Crippen LogP contribution in [0.4, 0.5) is 14.5 Å². The maximum atomic E-state index is 13.6. The lowest BCUT2D eigenvalue weighted by atomic mass is 10.2. The second-order valence-electron chi connectivity index (χ2n) is 6.73. The van der Waals surface area contributed by atoms with Crippen molar-refractivity contribution < 1.29 is 23.2 Å². The van der Waals surface area contributed by atoms with E-state index in [1.807, 2.05) is 24.3 Å². The van der Waals surface area contributed by atoms with Crippen LogP contribution in [0.1, 0.15) is 35.2 Å². The van der Waals surface area contributed by atoms with Crippen LogP contribution in [0, 0.1) is 11.6 Å². The molecule has 3 rings (SSSR count). The molecule has 1 heterocycles. The molecule has 6 nitrogen and oxygen atoms in total. The van der Waals surface area contributed by atoms with Crippen LogP contribution in [0.2, 0.25) is 0 Å². The summed E-state index contributed by atoms with van der Waals surface area (Å²) in [6.07, 6.45) is 1.40. The summed E-state index contributed by atoms with van der Waals surface area (Å²) < 4.78 is 26.4. The van der Waals surface area contributed by atoms with Gasteiger partial charge in [0, 0.05) is 44.2 Å². The van der Waals surface area contributed by atoms with Crippen molar-refractivity contribution in [2.24, 2.45) is 0 Å². The molecule has 2 aromatic carbocycles. The lowest BCUT2D eigenvalue weighted by molar-refractivity contribution is -0.121. The summed E-state index contributed by atoms with van der Waals surface area (Å²) in [4.78, 5) is 37.5. The maximum absolute atomic E-state index is 13.6. The number of rotatable bonds is 7. The van der Waals surface area contributed by atoms with Gasteiger partial charge in [0.15, 0.2) is 0 Å². The van der Waals surface area contributed by atoms with Crippen molar-refractivity contribution in [1.82, 2.24) is 10.6 Å². The van der Waals surface area contributed by atoms with Crippen molar-refractivity contribution in [1.29, 1.82) is 0 Å². The molecular formula is C21H21F2N3O3. The number of amides is 3. The van der Waals surface area contributed by atoms with Crippen molar-refractivity contribution in [2.75, 3.05) is 18.0 Å². The minimum atomic E-state index is -0.955. The Bertz CT molecular complexity index is 933. The van der Waals surface area contributed by atoms with Crippen molar-refractivity contribution in [2.45, 2.75) is 25.8 Å². The third-order valence-corrected chi connectivity index (χ3v) is 4.60. The maximum Gasteiger partial charge on any atom is 0.254 e. The number of nitrogens with one attached hydrogen (secondary N) is 2. The first-order valence-corrected chi connectivity index (χ1v) is 9.33. The zero-order valence-corrected chi connectivity index (χ0v) is 15.7. The molecule has 1 fully saturated rings. The molecule has 0 radical (unpaired) electrons. The predicted molar refractivity (Wildman–Crippen MR) is 103 cm³/mol. The second-order valence-corrected chi connectivity index (χ2v) is 6.73. The standard InChI is InChI=1S/C21H21F2N3O3/c22-15-6-7-17(18(23)12-15)21(29)24-9-8-19(27)25-13-14-3-1-4-16(11-14)26-10-2-5-20(26)28/h1,3-4,6-7,11-12H,2,5,8-10,13H2,(H,24,29)(H,25,27). The van der Waals surface area contributed by atoms with Gasteiger partial charge in [0.1, 0.15) is 11.6 Å². The number of carbonyl (C=O) groups excluding carboxylic acids is 3. The van der Waals surface area contributed by atoms with E-state index in [2.05, 4.69) is 10.6 Å². The van der Waals surface area contributed by atoms with E-state index < -0.39 is 17.5 Å². The van der Waals surface area contributed by atoms with Gasteiger partial charge in [0.25, 0.3) is 5.91 Å². The molecule has 2 aromatic rings. The molecule has 1 aliphatic rings. The lowest BCUT2D eigenvalue weighted by Gasteiger charge is -2.16. The fourth-order valence-corrected chi connectivity index (χ4v) is 3.10. The Kier molecular flexibility index (Phi) is 6.54. The smallest absolute Gasteiger partial charge is 0.254 e. The van der Waals surface area contributed by atoms with Gasteiger partial charge in [-0.1, -0.05) is 12.1 Å². The van der Waals surface area contributed by atoms with Gasteiger partial charge in [-0.2, -0.15) is 0 Å². The van der Waals surface area contributed by atoms with Gasteiger partial charge in [0.2, 0.25) is 11.8 Å². The normalized spacial score (nSPS) is 13.4. The van der Waals surface area contributed by atoms with Crippen LogP contribution >= 0.6 is 0 Å². The molecule has 0 bridgehead atoms. The number of benzene rings is 2. The Morgan fingerprint density at radius 2 is 1.90 bits per heavy atom. The van der Waals surface area contributed by atoms with Crippen LogP contribution in [0.5, 0.6) is 0 Å². The first-order chi connectivity index (χ1) is 13.9. The zero-order chi connectivity index (χ0) is 20.8. The minimum absolute atomic E-state index is 0.0128. The van der Waals surface area contributed by atoms with Crippen LogP contribution in [0.15, 0.2) is 42.5 Å². The molecule has 0 atom stereocenters. The van der Waals surface area contributed by atoms with E-state index in [-0.39, 0.29) is 36.9 Å². The van der Waals surface area contributed by atoms with E-state index in [0.717, 1.165) is 29.8 Å². The molecule has 0 aromatic heterocycles. The second kappa shape index (κ2) is 9.27. The van der Waals surface area contributed by atoms with Gasteiger partial charge in [-0.3, -0.25) is 14.4 Å².